The molecule has 0 fully saturated rings. The highest BCUT2D eigenvalue weighted by Crippen LogP contribution is 2.24. The quantitative estimate of drug-likeness (QED) is 0.770. The number of nitrogens with zero attached hydrogens (tertiary/aromatic N) is 1. The fourth-order valence-electron chi connectivity index (χ4n) is 1.83. The third-order valence-electron chi connectivity index (χ3n) is 2.76. The molecule has 2 heterocycles. The van der Waals surface area contributed by atoms with Gasteiger partial charge in [0.2, 0.25) is 5.91 Å². The summed E-state index contributed by atoms with van der Waals surface area (Å²) in [6.45, 7) is 1.89. The number of benzene rings is 1. The molecule has 0 aliphatic rings. The maximum Gasteiger partial charge on any atom is 0.417 e. The molecule has 0 saturated heterocycles. The van der Waals surface area contributed by atoms with Gasteiger partial charge in [0.05, 0.1) is 17.8 Å². The van der Waals surface area contributed by atoms with E-state index in [1.54, 1.807) is 12.1 Å². The number of aromatic amines is 1. The monoisotopic (exact) mass is 289 g/mol. The number of thiazole rings is 1. The lowest BCUT2D eigenvalue weighted by atomic mass is 10.1. The fraction of sp³-hybridized carbons (Fsp3) is 0.154. The molecule has 0 atom stereocenters. The number of carbonyl (C=O) groups is 1. The predicted molar refractivity (Wildman–Crippen MR) is 75.5 cm³/mol. The standard InChI is InChI=1S/C13H11N3O3S/c1-7(17)14-5-12-15-10(6-20-12)8-2-3-9-11(4-8)19-13(18)16-9/h2-4,6H,5H2,1H3,(H,14,17)(H,16,18). The van der Waals surface area contributed by atoms with E-state index in [1.165, 1.54) is 18.3 Å². The summed E-state index contributed by atoms with van der Waals surface area (Å²) in [5, 5.41) is 5.43. The van der Waals surface area contributed by atoms with E-state index >= 15 is 0 Å². The molecule has 3 aromatic rings. The first-order valence-corrected chi connectivity index (χ1v) is 6.82. The number of aromatic nitrogens is 2. The molecular weight excluding hydrogens is 278 g/mol. The van der Waals surface area contributed by atoms with Gasteiger partial charge in [0, 0.05) is 17.9 Å². The van der Waals surface area contributed by atoms with Crippen LogP contribution in [0.2, 0.25) is 0 Å². The van der Waals surface area contributed by atoms with E-state index < -0.39 is 5.76 Å². The molecule has 0 unspecified atom stereocenters. The molecule has 0 spiro atoms. The summed E-state index contributed by atoms with van der Waals surface area (Å²) in [6, 6.07) is 5.41. The molecule has 20 heavy (non-hydrogen) atoms. The van der Waals surface area contributed by atoms with Gasteiger partial charge < -0.3 is 9.73 Å². The maximum atomic E-state index is 11.1. The topological polar surface area (TPSA) is 88.0 Å². The summed E-state index contributed by atoms with van der Waals surface area (Å²) in [6.07, 6.45) is 0. The summed E-state index contributed by atoms with van der Waals surface area (Å²) in [5.74, 6) is -0.556. The van der Waals surface area contributed by atoms with Crippen LogP contribution in [0.5, 0.6) is 0 Å². The van der Waals surface area contributed by atoms with E-state index in [9.17, 15) is 9.59 Å². The first-order valence-electron chi connectivity index (χ1n) is 5.94. The van der Waals surface area contributed by atoms with Crippen molar-refractivity contribution < 1.29 is 9.21 Å². The highest BCUT2D eigenvalue weighted by atomic mass is 32.1. The maximum absolute atomic E-state index is 11.1. The number of hydrogen-bond acceptors (Lipinski definition) is 5. The molecule has 2 aromatic heterocycles. The Morgan fingerprint density at radius 2 is 2.35 bits per heavy atom. The second kappa shape index (κ2) is 4.93. The molecule has 0 saturated carbocycles. The van der Waals surface area contributed by atoms with Crippen molar-refractivity contribution in [3.8, 4) is 11.3 Å². The van der Waals surface area contributed by atoms with Gasteiger partial charge in [0.1, 0.15) is 5.01 Å². The molecule has 1 aromatic carbocycles. The van der Waals surface area contributed by atoms with Gasteiger partial charge in [-0.15, -0.1) is 11.3 Å². The lowest BCUT2D eigenvalue weighted by molar-refractivity contribution is -0.119. The minimum absolute atomic E-state index is 0.0859. The zero-order valence-electron chi connectivity index (χ0n) is 10.6. The summed E-state index contributed by atoms with van der Waals surface area (Å²) in [4.78, 5) is 29.0. The van der Waals surface area contributed by atoms with Crippen LogP contribution < -0.4 is 11.1 Å². The van der Waals surface area contributed by atoms with Gasteiger partial charge in [0.15, 0.2) is 5.58 Å². The largest absolute Gasteiger partial charge is 0.417 e. The number of H-pyrrole nitrogens is 1. The van der Waals surface area contributed by atoms with Crippen LogP contribution in [0, 0.1) is 0 Å². The van der Waals surface area contributed by atoms with Gasteiger partial charge in [-0.25, -0.2) is 9.78 Å². The highest BCUT2D eigenvalue weighted by molar-refractivity contribution is 7.09. The second-order valence-corrected chi connectivity index (χ2v) is 5.20. The lowest BCUT2D eigenvalue weighted by Gasteiger charge is -1.97. The summed E-state index contributed by atoms with van der Waals surface area (Å²) < 4.78 is 5.02. The van der Waals surface area contributed by atoms with Crippen molar-refractivity contribution in [3.05, 3.63) is 39.1 Å². The van der Waals surface area contributed by atoms with Crippen LogP contribution in [0.1, 0.15) is 11.9 Å². The van der Waals surface area contributed by atoms with Crippen molar-refractivity contribution in [2.24, 2.45) is 0 Å². The molecule has 3 rings (SSSR count). The number of nitrogens with one attached hydrogen (secondary N) is 2. The molecule has 2 N–H and O–H groups in total. The summed E-state index contributed by atoms with van der Waals surface area (Å²) in [5.41, 5.74) is 2.82. The van der Waals surface area contributed by atoms with Gasteiger partial charge in [-0.2, -0.15) is 0 Å². The molecule has 1 amide bonds. The van der Waals surface area contributed by atoms with Crippen LogP contribution in [-0.2, 0) is 11.3 Å². The minimum Gasteiger partial charge on any atom is -0.408 e. The SMILES string of the molecule is CC(=O)NCc1nc(-c2ccc3[nH]c(=O)oc3c2)cs1. The zero-order valence-corrected chi connectivity index (χ0v) is 11.4. The first-order chi connectivity index (χ1) is 9.61. The van der Waals surface area contributed by atoms with Crippen molar-refractivity contribution in [2.75, 3.05) is 0 Å². The predicted octanol–water partition coefficient (Wildman–Crippen LogP) is 1.88. The van der Waals surface area contributed by atoms with Crippen molar-refractivity contribution >= 4 is 28.3 Å². The third-order valence-corrected chi connectivity index (χ3v) is 3.61. The second-order valence-electron chi connectivity index (χ2n) is 4.26. The van der Waals surface area contributed by atoms with E-state index in [-0.39, 0.29) is 5.91 Å². The molecule has 102 valence electrons. The molecular formula is C13H11N3O3S. The smallest absolute Gasteiger partial charge is 0.408 e. The average molecular weight is 289 g/mol. The molecule has 0 aliphatic carbocycles. The van der Waals surface area contributed by atoms with Crippen LogP contribution in [0.3, 0.4) is 0 Å². The Labute approximate surface area is 117 Å². The number of fused-ring (bicyclic) bond motifs is 1. The lowest BCUT2D eigenvalue weighted by Crippen LogP contribution is -2.18. The Balaban J connectivity index is 1.90. The van der Waals surface area contributed by atoms with E-state index in [2.05, 4.69) is 15.3 Å². The molecule has 0 aliphatic heterocycles. The number of carbonyl (C=O) groups excluding carboxylic acids is 1. The Kier molecular flexibility index (Phi) is 3.11. The highest BCUT2D eigenvalue weighted by Gasteiger charge is 2.08. The van der Waals surface area contributed by atoms with E-state index in [1.807, 2.05) is 11.4 Å². The van der Waals surface area contributed by atoms with Crippen LogP contribution in [0.15, 0.2) is 32.8 Å². The van der Waals surface area contributed by atoms with Crippen molar-refractivity contribution in [1.82, 2.24) is 15.3 Å². The van der Waals surface area contributed by atoms with Gasteiger partial charge in [-0.3, -0.25) is 9.78 Å². The van der Waals surface area contributed by atoms with Crippen LogP contribution in [0.4, 0.5) is 0 Å². The molecule has 0 radical (unpaired) electrons. The van der Waals surface area contributed by atoms with Crippen molar-refractivity contribution in [3.63, 3.8) is 0 Å². The van der Waals surface area contributed by atoms with E-state index in [0.717, 1.165) is 16.3 Å². The van der Waals surface area contributed by atoms with Gasteiger partial charge in [0.25, 0.3) is 0 Å². The number of hydrogen-bond donors (Lipinski definition) is 2. The zero-order chi connectivity index (χ0) is 14.1. The van der Waals surface area contributed by atoms with Crippen molar-refractivity contribution in [2.45, 2.75) is 13.5 Å². The van der Waals surface area contributed by atoms with Gasteiger partial charge in [-0.05, 0) is 12.1 Å². The molecule has 7 heteroatoms. The minimum atomic E-state index is -0.471. The molecule has 6 nitrogen and oxygen atoms in total. The average Bonchev–Trinajstić information content (AvgIpc) is 3.00. The summed E-state index contributed by atoms with van der Waals surface area (Å²) >= 11 is 1.47. The van der Waals surface area contributed by atoms with Crippen LogP contribution >= 0.6 is 11.3 Å². The molecule has 0 bridgehead atoms. The van der Waals surface area contributed by atoms with Crippen LogP contribution in [-0.4, -0.2) is 15.9 Å². The van der Waals surface area contributed by atoms with E-state index in [4.69, 9.17) is 4.42 Å². The third kappa shape index (κ3) is 2.48. The van der Waals surface area contributed by atoms with Crippen LogP contribution in [0.25, 0.3) is 22.4 Å². The Hall–Kier alpha value is -2.41. The van der Waals surface area contributed by atoms with Gasteiger partial charge >= 0.3 is 5.76 Å². The summed E-state index contributed by atoms with van der Waals surface area (Å²) in [7, 11) is 0. The Morgan fingerprint density at radius 1 is 1.50 bits per heavy atom. The van der Waals surface area contributed by atoms with E-state index in [0.29, 0.717) is 17.6 Å². The van der Waals surface area contributed by atoms with Crippen molar-refractivity contribution in [1.29, 1.82) is 0 Å². The fourth-order valence-corrected chi connectivity index (χ4v) is 2.57. The normalized spacial score (nSPS) is 10.8. The Bertz CT molecular complexity index is 831. The first kappa shape index (κ1) is 12.6. The van der Waals surface area contributed by atoms with Gasteiger partial charge in [-0.1, -0.05) is 6.07 Å². The number of oxazole rings is 1. The number of rotatable bonds is 3. The number of amides is 1. The Morgan fingerprint density at radius 3 is 3.15 bits per heavy atom.